The molecule has 3 heteroatoms. The van der Waals surface area contributed by atoms with Crippen molar-refractivity contribution < 1.29 is 9.53 Å². The van der Waals surface area contributed by atoms with Gasteiger partial charge in [-0.1, -0.05) is 12.8 Å². The molecule has 0 atom stereocenters. The van der Waals surface area contributed by atoms with Gasteiger partial charge < -0.3 is 9.64 Å². The Kier molecular flexibility index (Phi) is 1.34. The quantitative estimate of drug-likeness (QED) is 0.529. The average Bonchev–Trinajstić information content (AvgIpc) is 2.56. The van der Waals surface area contributed by atoms with Crippen molar-refractivity contribution in [3.8, 4) is 0 Å². The molecule has 1 saturated heterocycles. The topological polar surface area (TPSA) is 29.5 Å². The van der Waals surface area contributed by atoms with Crippen LogP contribution in [0.3, 0.4) is 0 Å². The van der Waals surface area contributed by atoms with Crippen molar-refractivity contribution in [2.75, 3.05) is 13.7 Å². The van der Waals surface area contributed by atoms with E-state index in [-0.39, 0.29) is 11.6 Å². The SMILES string of the molecule is CN1C(=O)OCC12CCCC2. The molecule has 0 aromatic carbocycles. The molecule has 0 unspecified atom stereocenters. The van der Waals surface area contributed by atoms with Gasteiger partial charge in [0.15, 0.2) is 0 Å². The highest BCUT2D eigenvalue weighted by atomic mass is 16.6. The lowest BCUT2D eigenvalue weighted by Gasteiger charge is -2.27. The van der Waals surface area contributed by atoms with E-state index in [1.54, 1.807) is 4.90 Å². The van der Waals surface area contributed by atoms with Gasteiger partial charge in [-0.25, -0.2) is 4.79 Å². The van der Waals surface area contributed by atoms with E-state index >= 15 is 0 Å². The van der Waals surface area contributed by atoms with Crippen molar-refractivity contribution in [2.45, 2.75) is 31.2 Å². The molecule has 1 heterocycles. The molecule has 1 amide bonds. The monoisotopic (exact) mass is 155 g/mol. The molecular formula is C8H13NO2. The first-order chi connectivity index (χ1) is 5.25. The second kappa shape index (κ2) is 2.13. The second-order valence-electron chi connectivity index (χ2n) is 3.55. The van der Waals surface area contributed by atoms with Crippen molar-refractivity contribution >= 4 is 6.09 Å². The van der Waals surface area contributed by atoms with E-state index in [1.807, 2.05) is 7.05 Å². The van der Waals surface area contributed by atoms with Crippen molar-refractivity contribution in [1.29, 1.82) is 0 Å². The Morgan fingerprint density at radius 3 is 2.55 bits per heavy atom. The van der Waals surface area contributed by atoms with Crippen molar-refractivity contribution in [2.24, 2.45) is 0 Å². The minimum atomic E-state index is -0.146. The fraction of sp³-hybridized carbons (Fsp3) is 0.875. The summed E-state index contributed by atoms with van der Waals surface area (Å²) in [6, 6.07) is 0. The van der Waals surface area contributed by atoms with Crippen LogP contribution in [-0.2, 0) is 4.74 Å². The van der Waals surface area contributed by atoms with Crippen molar-refractivity contribution in [1.82, 2.24) is 4.90 Å². The molecule has 3 nitrogen and oxygen atoms in total. The molecular weight excluding hydrogens is 142 g/mol. The van der Waals surface area contributed by atoms with Gasteiger partial charge >= 0.3 is 6.09 Å². The number of nitrogens with zero attached hydrogens (tertiary/aromatic N) is 1. The minimum absolute atomic E-state index is 0.0804. The number of carbonyl (C=O) groups is 1. The highest BCUT2D eigenvalue weighted by Crippen LogP contribution is 2.38. The fourth-order valence-corrected chi connectivity index (χ4v) is 2.10. The number of likely N-dealkylation sites (N-methyl/N-ethyl adjacent to an activating group) is 1. The van der Waals surface area contributed by atoms with Crippen LogP contribution in [-0.4, -0.2) is 30.2 Å². The summed E-state index contributed by atoms with van der Waals surface area (Å²) in [4.78, 5) is 12.8. The zero-order chi connectivity index (χ0) is 7.90. The number of rotatable bonds is 0. The molecule has 62 valence electrons. The average molecular weight is 155 g/mol. The maximum atomic E-state index is 11.0. The molecule has 0 radical (unpaired) electrons. The highest BCUT2D eigenvalue weighted by Gasteiger charge is 2.46. The lowest BCUT2D eigenvalue weighted by molar-refractivity contribution is 0.162. The van der Waals surface area contributed by atoms with E-state index in [0.29, 0.717) is 6.61 Å². The summed E-state index contributed by atoms with van der Waals surface area (Å²) in [5.41, 5.74) is 0.0804. The maximum Gasteiger partial charge on any atom is 0.410 e. The number of carbonyl (C=O) groups excluding carboxylic acids is 1. The Hall–Kier alpha value is -0.730. The van der Waals surface area contributed by atoms with E-state index in [2.05, 4.69) is 0 Å². The maximum absolute atomic E-state index is 11.0. The predicted molar refractivity (Wildman–Crippen MR) is 40.3 cm³/mol. The summed E-state index contributed by atoms with van der Waals surface area (Å²) in [7, 11) is 1.85. The number of cyclic esters (lactones) is 1. The summed E-state index contributed by atoms with van der Waals surface area (Å²) in [6.07, 6.45) is 4.57. The van der Waals surface area contributed by atoms with Crippen molar-refractivity contribution in [3.05, 3.63) is 0 Å². The summed E-state index contributed by atoms with van der Waals surface area (Å²) in [5, 5.41) is 0. The Morgan fingerprint density at radius 2 is 2.09 bits per heavy atom. The first-order valence-electron chi connectivity index (χ1n) is 4.15. The van der Waals surface area contributed by atoms with Crippen LogP contribution in [0, 0.1) is 0 Å². The zero-order valence-corrected chi connectivity index (χ0v) is 6.80. The van der Waals surface area contributed by atoms with Crippen LogP contribution in [0.2, 0.25) is 0 Å². The zero-order valence-electron chi connectivity index (χ0n) is 6.80. The largest absolute Gasteiger partial charge is 0.447 e. The number of hydrogen-bond acceptors (Lipinski definition) is 2. The summed E-state index contributed by atoms with van der Waals surface area (Å²) in [6.45, 7) is 0.613. The van der Waals surface area contributed by atoms with Gasteiger partial charge in [0.05, 0.1) is 5.54 Å². The Balaban J connectivity index is 2.19. The van der Waals surface area contributed by atoms with E-state index in [9.17, 15) is 4.79 Å². The van der Waals surface area contributed by atoms with Gasteiger partial charge in [-0.3, -0.25) is 0 Å². The first-order valence-corrected chi connectivity index (χ1v) is 4.15. The van der Waals surface area contributed by atoms with Gasteiger partial charge in [-0.05, 0) is 12.8 Å². The van der Waals surface area contributed by atoms with E-state index in [4.69, 9.17) is 4.74 Å². The van der Waals surface area contributed by atoms with Crippen LogP contribution in [0.15, 0.2) is 0 Å². The molecule has 2 rings (SSSR count). The van der Waals surface area contributed by atoms with Crippen LogP contribution in [0.4, 0.5) is 4.79 Å². The fourth-order valence-electron chi connectivity index (χ4n) is 2.10. The van der Waals surface area contributed by atoms with Crippen LogP contribution in [0.5, 0.6) is 0 Å². The van der Waals surface area contributed by atoms with E-state index in [1.165, 1.54) is 12.8 Å². The molecule has 1 spiro atoms. The smallest absolute Gasteiger partial charge is 0.410 e. The third-order valence-corrected chi connectivity index (χ3v) is 2.98. The summed E-state index contributed by atoms with van der Waals surface area (Å²) in [5.74, 6) is 0. The standard InChI is InChI=1S/C8H13NO2/c1-9-7(10)11-6-8(9)4-2-3-5-8/h2-6H2,1H3. The van der Waals surface area contributed by atoms with Gasteiger partial charge in [0.25, 0.3) is 0 Å². The Labute approximate surface area is 66.3 Å². The van der Waals surface area contributed by atoms with E-state index in [0.717, 1.165) is 12.8 Å². The number of amides is 1. The molecule has 0 N–H and O–H groups in total. The lowest BCUT2D eigenvalue weighted by atomic mass is 9.99. The molecule has 1 aliphatic heterocycles. The van der Waals surface area contributed by atoms with Gasteiger partial charge in [-0.15, -0.1) is 0 Å². The number of hydrogen-bond donors (Lipinski definition) is 0. The third-order valence-electron chi connectivity index (χ3n) is 2.98. The molecule has 11 heavy (non-hydrogen) atoms. The summed E-state index contributed by atoms with van der Waals surface area (Å²) >= 11 is 0. The van der Waals surface area contributed by atoms with E-state index < -0.39 is 0 Å². The molecule has 0 bridgehead atoms. The Bertz CT molecular complexity index is 185. The predicted octanol–water partition coefficient (Wildman–Crippen LogP) is 1.38. The highest BCUT2D eigenvalue weighted by molar-refractivity contribution is 5.70. The van der Waals surface area contributed by atoms with Gasteiger partial charge in [0, 0.05) is 7.05 Å². The van der Waals surface area contributed by atoms with Crippen LogP contribution in [0.1, 0.15) is 25.7 Å². The molecule has 1 aliphatic carbocycles. The first kappa shape index (κ1) is 6.95. The third kappa shape index (κ3) is 0.832. The normalized spacial score (nSPS) is 28.1. The molecule has 0 aromatic rings. The second-order valence-corrected chi connectivity index (χ2v) is 3.55. The lowest BCUT2D eigenvalue weighted by Crippen LogP contribution is -2.41. The van der Waals surface area contributed by atoms with Gasteiger partial charge in [0.1, 0.15) is 6.61 Å². The van der Waals surface area contributed by atoms with Crippen LogP contribution in [0.25, 0.3) is 0 Å². The Morgan fingerprint density at radius 1 is 1.45 bits per heavy atom. The molecule has 2 fully saturated rings. The van der Waals surface area contributed by atoms with Crippen LogP contribution < -0.4 is 0 Å². The summed E-state index contributed by atoms with van der Waals surface area (Å²) < 4.78 is 4.99. The number of ether oxygens (including phenoxy) is 1. The van der Waals surface area contributed by atoms with Gasteiger partial charge in [-0.2, -0.15) is 0 Å². The van der Waals surface area contributed by atoms with Crippen LogP contribution >= 0.6 is 0 Å². The minimum Gasteiger partial charge on any atom is -0.447 e. The molecule has 0 aromatic heterocycles. The molecule has 2 aliphatic rings. The van der Waals surface area contributed by atoms with Crippen molar-refractivity contribution in [3.63, 3.8) is 0 Å². The van der Waals surface area contributed by atoms with Gasteiger partial charge in [0.2, 0.25) is 0 Å². The molecule has 1 saturated carbocycles.